The summed E-state index contributed by atoms with van der Waals surface area (Å²) in [4.78, 5) is 45.5. The largest absolute Gasteiger partial charge is 0.369 e. The van der Waals surface area contributed by atoms with Crippen LogP contribution in [0.15, 0.2) is 36.4 Å². The van der Waals surface area contributed by atoms with Gasteiger partial charge in [-0.05, 0) is 0 Å². The van der Waals surface area contributed by atoms with Crippen molar-refractivity contribution in [1.82, 2.24) is 19.5 Å². The summed E-state index contributed by atoms with van der Waals surface area (Å²) in [6.45, 7) is 7.38. The zero-order valence-electron chi connectivity index (χ0n) is 19.1. The van der Waals surface area contributed by atoms with E-state index in [-0.39, 0.29) is 78.8 Å². The lowest BCUT2D eigenvalue weighted by molar-refractivity contribution is -0.111. The minimum Gasteiger partial charge on any atom is -0.369 e. The van der Waals surface area contributed by atoms with Crippen LogP contribution in [0.2, 0.25) is 0 Å². The second-order valence-corrected chi connectivity index (χ2v) is 11.1. The molecule has 2 rings (SSSR count). The van der Waals surface area contributed by atoms with Crippen LogP contribution >= 0.6 is 31.1 Å². The second-order valence-electron chi connectivity index (χ2n) is 6.80. The van der Waals surface area contributed by atoms with E-state index in [1.807, 2.05) is 0 Å². The third kappa shape index (κ3) is 10.1. The fourth-order valence-electron chi connectivity index (χ4n) is 2.60. The molecule has 0 aliphatic heterocycles. The van der Waals surface area contributed by atoms with E-state index in [9.17, 15) is 18.9 Å². The van der Waals surface area contributed by atoms with Gasteiger partial charge >= 0.3 is 7.60 Å². The lowest BCUT2D eigenvalue weighted by Gasteiger charge is -2.18. The quantitative estimate of drug-likeness (QED) is 0.170. The highest BCUT2D eigenvalue weighted by Crippen LogP contribution is 2.48. The van der Waals surface area contributed by atoms with Crippen LogP contribution in [0.5, 0.6) is 0 Å². The van der Waals surface area contributed by atoms with E-state index in [1.165, 1.54) is 18.5 Å². The van der Waals surface area contributed by atoms with E-state index in [4.69, 9.17) is 19.5 Å². The summed E-state index contributed by atoms with van der Waals surface area (Å²) in [5.74, 6) is 0.537. The molecule has 0 unspecified atom stereocenters. The highest BCUT2D eigenvalue weighted by atomic mass is 32.2. The van der Waals surface area contributed by atoms with Gasteiger partial charge in [-0.1, -0.05) is 35.7 Å². The number of hydrogen-bond acceptors (Lipinski definition) is 12. The van der Waals surface area contributed by atoms with Crippen molar-refractivity contribution < 1.29 is 27.9 Å². The van der Waals surface area contributed by atoms with Crippen molar-refractivity contribution in [2.45, 2.75) is 19.4 Å². The second kappa shape index (κ2) is 15.0. The Morgan fingerprint density at radius 2 is 1.71 bits per heavy atom. The fraction of sp³-hybridized carbons (Fsp3) is 0.450. The van der Waals surface area contributed by atoms with Gasteiger partial charge in [-0.2, -0.15) is 4.98 Å². The summed E-state index contributed by atoms with van der Waals surface area (Å²) >= 11 is 2.09. The van der Waals surface area contributed by atoms with Crippen LogP contribution in [-0.4, -0.2) is 67.4 Å². The van der Waals surface area contributed by atoms with E-state index in [2.05, 4.69) is 28.1 Å². The lowest BCUT2D eigenvalue weighted by Crippen LogP contribution is -2.14. The minimum atomic E-state index is -3.67. The Labute approximate surface area is 210 Å². The molecule has 0 bridgehead atoms. The Kier molecular flexibility index (Phi) is 12.4. The Bertz CT molecular complexity index is 1100. The number of rotatable bonds is 17. The number of nitrogens with zero attached hydrogens (tertiary/aromatic N) is 3. The number of hydrogen-bond donors (Lipinski definition) is 2. The van der Waals surface area contributed by atoms with Crippen molar-refractivity contribution in [3.05, 3.63) is 42.0 Å². The number of carbonyl (C=O) groups excluding carboxylic acids is 2. The van der Waals surface area contributed by atoms with Gasteiger partial charge in [-0.15, -0.1) is 13.2 Å². The van der Waals surface area contributed by atoms with Gasteiger partial charge in [0, 0.05) is 30.9 Å². The predicted octanol–water partition coefficient (Wildman–Crippen LogP) is 2.57. The number of nitrogen functional groups attached to an aromatic ring is 1. The molecule has 0 fully saturated rings. The molecule has 2 aromatic heterocycles. The van der Waals surface area contributed by atoms with Crippen LogP contribution in [-0.2, 0) is 34.5 Å². The van der Waals surface area contributed by atoms with Gasteiger partial charge < -0.3 is 24.1 Å². The first-order chi connectivity index (χ1) is 16.8. The standard InChI is InChI=1S/C20H28N5O7PS2/c1-3-5-15(26)34-11-9-31-33(29,32-10-12-35-16(27)6-4-2)14-30-8-7-25-13-22-17-18(25)23-20(21)24-19(17)28/h3-4,13H,1-2,5-12,14H2,(H3,21,23,24,28). The molecule has 192 valence electrons. The first kappa shape index (κ1) is 29.0. The number of nitrogens with two attached hydrogens (primary N) is 1. The molecule has 2 aromatic rings. The number of fused-ring (bicyclic) bond motifs is 1. The number of nitrogens with one attached hydrogen (secondary N) is 1. The Balaban J connectivity index is 1.88. The number of carbonyl (C=O) groups is 2. The Morgan fingerprint density at radius 1 is 1.11 bits per heavy atom. The smallest absolute Gasteiger partial charge is 0.356 e. The van der Waals surface area contributed by atoms with Crippen LogP contribution in [0, 0.1) is 0 Å². The number of aromatic nitrogens is 4. The summed E-state index contributed by atoms with van der Waals surface area (Å²) in [6, 6.07) is 0. The number of allylic oxidation sites excluding steroid dienone is 2. The molecule has 0 radical (unpaired) electrons. The first-order valence-electron chi connectivity index (χ1n) is 10.5. The summed E-state index contributed by atoms with van der Waals surface area (Å²) in [6.07, 6.45) is 4.56. The number of aromatic amines is 1. The van der Waals surface area contributed by atoms with E-state index in [0.717, 1.165) is 23.5 Å². The van der Waals surface area contributed by atoms with Crippen LogP contribution in [0.1, 0.15) is 12.8 Å². The molecular formula is C20H28N5O7PS2. The summed E-state index contributed by atoms with van der Waals surface area (Å²) in [7, 11) is -3.67. The average molecular weight is 546 g/mol. The van der Waals surface area contributed by atoms with Crippen molar-refractivity contribution in [1.29, 1.82) is 0 Å². The third-order valence-electron chi connectivity index (χ3n) is 4.11. The monoisotopic (exact) mass is 545 g/mol. The molecule has 15 heteroatoms. The van der Waals surface area contributed by atoms with Crippen molar-refractivity contribution >= 4 is 58.5 Å². The molecule has 0 saturated carbocycles. The summed E-state index contributed by atoms with van der Waals surface area (Å²) in [5.41, 5.74) is 5.58. The number of anilines is 1. The third-order valence-corrected chi connectivity index (χ3v) is 7.48. The first-order valence-corrected chi connectivity index (χ1v) is 14.2. The van der Waals surface area contributed by atoms with Crippen LogP contribution in [0.4, 0.5) is 5.95 Å². The van der Waals surface area contributed by atoms with Gasteiger partial charge in [0.25, 0.3) is 5.56 Å². The average Bonchev–Trinajstić information content (AvgIpc) is 3.21. The molecule has 2 heterocycles. The van der Waals surface area contributed by atoms with Crippen molar-refractivity contribution in [2.75, 3.05) is 43.4 Å². The molecular weight excluding hydrogens is 517 g/mol. The maximum Gasteiger partial charge on any atom is 0.356 e. The number of H-pyrrole nitrogens is 1. The topological polar surface area (TPSA) is 168 Å². The lowest BCUT2D eigenvalue weighted by atomic mass is 10.5. The summed E-state index contributed by atoms with van der Waals surface area (Å²) in [5, 5.41) is -0.151. The number of ether oxygens (including phenoxy) is 1. The van der Waals surface area contributed by atoms with Crippen molar-refractivity contribution in [2.24, 2.45) is 0 Å². The highest BCUT2D eigenvalue weighted by molar-refractivity contribution is 8.13. The molecule has 3 N–H and O–H groups in total. The zero-order valence-corrected chi connectivity index (χ0v) is 21.6. The zero-order chi connectivity index (χ0) is 25.7. The van der Waals surface area contributed by atoms with Crippen LogP contribution in [0.3, 0.4) is 0 Å². The molecule has 35 heavy (non-hydrogen) atoms. The Hall–Kier alpha value is -2.22. The van der Waals surface area contributed by atoms with Crippen molar-refractivity contribution in [3.63, 3.8) is 0 Å². The predicted molar refractivity (Wildman–Crippen MR) is 137 cm³/mol. The van der Waals surface area contributed by atoms with E-state index in [0.29, 0.717) is 5.65 Å². The maximum absolute atomic E-state index is 13.1. The van der Waals surface area contributed by atoms with E-state index >= 15 is 0 Å². The number of imidazole rings is 1. The molecule has 0 aromatic carbocycles. The maximum atomic E-state index is 13.1. The van der Waals surface area contributed by atoms with Crippen LogP contribution < -0.4 is 11.3 Å². The van der Waals surface area contributed by atoms with E-state index < -0.39 is 13.2 Å². The molecule has 0 spiro atoms. The SMILES string of the molecule is C=CCC(=O)SCCOP(=O)(COCCn1cnc2c(=O)[nH]c(N)nc21)OCCSC(=O)CC=C. The highest BCUT2D eigenvalue weighted by Gasteiger charge is 2.25. The van der Waals surface area contributed by atoms with Crippen LogP contribution in [0.25, 0.3) is 11.2 Å². The molecule has 0 atom stereocenters. The Morgan fingerprint density at radius 3 is 2.29 bits per heavy atom. The molecule has 0 aliphatic rings. The van der Waals surface area contributed by atoms with Gasteiger partial charge in [0.2, 0.25) is 5.95 Å². The van der Waals surface area contributed by atoms with Crippen molar-refractivity contribution in [3.8, 4) is 0 Å². The van der Waals surface area contributed by atoms with E-state index in [1.54, 1.807) is 4.57 Å². The number of thioether (sulfide) groups is 2. The van der Waals surface area contributed by atoms with Gasteiger partial charge in [0.1, 0.15) is 6.35 Å². The molecule has 0 aliphatic carbocycles. The minimum absolute atomic E-state index is 0.00879. The van der Waals surface area contributed by atoms with Gasteiger partial charge in [0.15, 0.2) is 21.4 Å². The van der Waals surface area contributed by atoms with Gasteiger partial charge in [-0.25, -0.2) is 4.98 Å². The summed E-state index contributed by atoms with van der Waals surface area (Å²) < 4.78 is 31.2. The molecule has 12 nitrogen and oxygen atoms in total. The van der Waals surface area contributed by atoms with Gasteiger partial charge in [-0.3, -0.25) is 23.9 Å². The normalized spacial score (nSPS) is 11.5. The molecule has 0 amide bonds. The van der Waals surface area contributed by atoms with Gasteiger partial charge in [0.05, 0.1) is 26.1 Å². The molecule has 0 saturated heterocycles. The fourth-order valence-corrected chi connectivity index (χ4v) is 5.43.